The average Bonchev–Trinajstić information content (AvgIpc) is 2.63. The molecule has 0 saturated carbocycles. The van der Waals surface area contributed by atoms with E-state index in [4.69, 9.17) is 0 Å². The van der Waals surface area contributed by atoms with Gasteiger partial charge in [-0.25, -0.2) is 4.39 Å². The van der Waals surface area contributed by atoms with Gasteiger partial charge in [0.15, 0.2) is 0 Å². The van der Waals surface area contributed by atoms with Gasteiger partial charge in [-0.05, 0) is 54.0 Å². The molecule has 0 aliphatic heterocycles. The summed E-state index contributed by atoms with van der Waals surface area (Å²) >= 11 is 0. The Morgan fingerprint density at radius 1 is 0.640 bits per heavy atom. The van der Waals surface area contributed by atoms with Crippen molar-refractivity contribution < 1.29 is 4.39 Å². The topological polar surface area (TPSA) is 0 Å². The van der Waals surface area contributed by atoms with E-state index >= 15 is 0 Å². The highest BCUT2D eigenvalue weighted by Gasteiger charge is 2.06. The van der Waals surface area contributed by atoms with Gasteiger partial charge >= 0.3 is 0 Å². The second kappa shape index (κ2) is 11.1. The molecule has 0 radical (unpaired) electrons. The molecule has 0 aromatic heterocycles. The average molecular weight is 341 g/mol. The van der Waals surface area contributed by atoms with Crippen LogP contribution in [0.15, 0.2) is 42.5 Å². The number of rotatable bonds is 11. The van der Waals surface area contributed by atoms with E-state index in [2.05, 4.69) is 44.2 Å². The summed E-state index contributed by atoms with van der Waals surface area (Å²) in [6.07, 6.45) is 11.9. The zero-order chi connectivity index (χ0) is 17.9. The highest BCUT2D eigenvalue weighted by molar-refractivity contribution is 5.64. The molecule has 2 aromatic carbocycles. The van der Waals surface area contributed by atoms with Crippen molar-refractivity contribution in [3.05, 3.63) is 59.4 Å². The van der Waals surface area contributed by atoms with Gasteiger partial charge in [0, 0.05) is 0 Å². The molecule has 0 aliphatic carbocycles. The van der Waals surface area contributed by atoms with E-state index in [0.29, 0.717) is 0 Å². The van der Waals surface area contributed by atoms with Crippen molar-refractivity contribution in [2.75, 3.05) is 0 Å². The first-order valence-corrected chi connectivity index (χ1v) is 10.1. The largest absolute Gasteiger partial charge is 0.207 e. The van der Waals surface area contributed by atoms with Crippen LogP contribution in [-0.4, -0.2) is 0 Å². The first kappa shape index (κ1) is 19.7. The number of unbranched alkanes of at least 4 members (excludes halogenated alkanes) is 6. The lowest BCUT2D eigenvalue weighted by atomic mass is 9.98. The van der Waals surface area contributed by atoms with Gasteiger partial charge in [0.1, 0.15) is 5.82 Å². The lowest BCUT2D eigenvalue weighted by Crippen LogP contribution is -1.92. The summed E-state index contributed by atoms with van der Waals surface area (Å²) < 4.78 is 14.4. The first-order valence-electron chi connectivity index (χ1n) is 10.1. The fourth-order valence-corrected chi connectivity index (χ4v) is 3.29. The summed E-state index contributed by atoms with van der Waals surface area (Å²) in [5.41, 5.74) is 4.32. The lowest BCUT2D eigenvalue weighted by Gasteiger charge is -2.08. The summed E-state index contributed by atoms with van der Waals surface area (Å²) in [7, 11) is 0. The van der Waals surface area contributed by atoms with Crippen LogP contribution in [-0.2, 0) is 12.8 Å². The third-order valence-electron chi connectivity index (χ3n) is 4.96. The Balaban J connectivity index is 1.92. The fourth-order valence-electron chi connectivity index (χ4n) is 3.29. The monoisotopic (exact) mass is 340 g/mol. The second-order valence-corrected chi connectivity index (χ2v) is 7.12. The van der Waals surface area contributed by atoms with Gasteiger partial charge in [0.2, 0.25) is 0 Å². The quantitative estimate of drug-likeness (QED) is 0.367. The molecule has 136 valence electrons. The van der Waals surface area contributed by atoms with Gasteiger partial charge in [-0.1, -0.05) is 88.8 Å². The van der Waals surface area contributed by atoms with Gasteiger partial charge in [-0.2, -0.15) is 0 Å². The first-order chi connectivity index (χ1) is 12.2. The molecule has 0 fully saturated rings. The van der Waals surface area contributed by atoms with Crippen LogP contribution in [0.4, 0.5) is 4.39 Å². The van der Waals surface area contributed by atoms with Crippen LogP contribution in [0.3, 0.4) is 0 Å². The maximum Gasteiger partial charge on any atom is 0.127 e. The van der Waals surface area contributed by atoms with Crippen molar-refractivity contribution in [3.63, 3.8) is 0 Å². The number of benzene rings is 2. The van der Waals surface area contributed by atoms with Crippen molar-refractivity contribution in [2.24, 2.45) is 0 Å². The Bertz CT molecular complexity index is 612. The van der Waals surface area contributed by atoms with Crippen molar-refractivity contribution in [3.8, 4) is 11.1 Å². The van der Waals surface area contributed by atoms with E-state index in [1.165, 1.54) is 50.5 Å². The van der Waals surface area contributed by atoms with Gasteiger partial charge in [-0.15, -0.1) is 0 Å². The minimum absolute atomic E-state index is 0.0555. The summed E-state index contributed by atoms with van der Waals surface area (Å²) in [4.78, 5) is 0. The predicted molar refractivity (Wildman–Crippen MR) is 108 cm³/mol. The highest BCUT2D eigenvalue weighted by atomic mass is 19.1. The van der Waals surface area contributed by atoms with E-state index in [0.717, 1.165) is 36.0 Å². The van der Waals surface area contributed by atoms with E-state index in [1.54, 1.807) is 6.07 Å². The molecule has 0 N–H and O–H groups in total. The van der Waals surface area contributed by atoms with Crippen LogP contribution in [0.25, 0.3) is 11.1 Å². The fraction of sp³-hybridized carbons (Fsp3) is 0.500. The Morgan fingerprint density at radius 3 is 1.92 bits per heavy atom. The summed E-state index contributed by atoms with van der Waals surface area (Å²) in [6, 6.07) is 14.4. The van der Waals surface area contributed by atoms with Crippen LogP contribution in [0.5, 0.6) is 0 Å². The van der Waals surface area contributed by atoms with Gasteiger partial charge in [-0.3, -0.25) is 0 Å². The molecule has 0 unspecified atom stereocenters. The maximum atomic E-state index is 14.4. The maximum absolute atomic E-state index is 14.4. The number of hydrogen-bond acceptors (Lipinski definition) is 0. The normalized spacial score (nSPS) is 11.0. The molecule has 0 aliphatic rings. The Labute approximate surface area is 153 Å². The van der Waals surface area contributed by atoms with Crippen molar-refractivity contribution in [2.45, 2.75) is 78.1 Å². The molecular weight excluding hydrogens is 307 g/mol. The Morgan fingerprint density at radius 2 is 1.24 bits per heavy atom. The zero-order valence-corrected chi connectivity index (χ0v) is 16.0. The molecule has 0 spiro atoms. The van der Waals surface area contributed by atoms with Gasteiger partial charge in [0.25, 0.3) is 0 Å². The van der Waals surface area contributed by atoms with E-state index in [9.17, 15) is 4.39 Å². The summed E-state index contributed by atoms with van der Waals surface area (Å²) in [5.74, 6) is -0.0555. The van der Waals surface area contributed by atoms with Crippen LogP contribution >= 0.6 is 0 Å². The van der Waals surface area contributed by atoms with Crippen LogP contribution < -0.4 is 0 Å². The molecule has 1 heteroatoms. The molecule has 0 atom stereocenters. The van der Waals surface area contributed by atoms with Gasteiger partial charge in [0.05, 0.1) is 0 Å². The van der Waals surface area contributed by atoms with Crippen molar-refractivity contribution >= 4 is 0 Å². The zero-order valence-electron chi connectivity index (χ0n) is 16.0. The van der Waals surface area contributed by atoms with Crippen molar-refractivity contribution in [1.82, 2.24) is 0 Å². The molecule has 25 heavy (non-hydrogen) atoms. The van der Waals surface area contributed by atoms with Crippen LogP contribution in [0.2, 0.25) is 0 Å². The van der Waals surface area contributed by atoms with Crippen LogP contribution in [0, 0.1) is 5.82 Å². The highest BCUT2D eigenvalue weighted by Crippen LogP contribution is 2.24. The smallest absolute Gasteiger partial charge is 0.127 e. The summed E-state index contributed by atoms with van der Waals surface area (Å²) in [6.45, 7) is 4.45. The molecule has 0 nitrogen and oxygen atoms in total. The summed E-state index contributed by atoms with van der Waals surface area (Å²) in [5, 5.41) is 0. The van der Waals surface area contributed by atoms with E-state index in [1.807, 2.05) is 6.07 Å². The third-order valence-corrected chi connectivity index (χ3v) is 4.96. The van der Waals surface area contributed by atoms with Gasteiger partial charge < -0.3 is 0 Å². The van der Waals surface area contributed by atoms with E-state index in [-0.39, 0.29) is 5.82 Å². The molecule has 2 aromatic rings. The molecule has 0 bridgehead atoms. The van der Waals surface area contributed by atoms with Crippen molar-refractivity contribution in [1.29, 1.82) is 0 Å². The van der Waals surface area contributed by atoms with E-state index < -0.39 is 0 Å². The standard InChI is InChI=1S/C24H33F/c1-3-5-7-8-10-12-22-17-18-23(19-24(22)25)21-15-13-20(14-16-21)11-9-6-4-2/h13-19H,3-12H2,1-2H3. The molecule has 2 rings (SSSR count). The number of aryl methyl sites for hydroxylation is 2. The predicted octanol–water partition coefficient (Wildman–Crippen LogP) is 7.74. The Kier molecular flexibility index (Phi) is 8.72. The number of hydrogen-bond donors (Lipinski definition) is 0. The molecule has 0 heterocycles. The number of halogens is 1. The minimum Gasteiger partial charge on any atom is -0.207 e. The third kappa shape index (κ3) is 6.65. The molecule has 0 amide bonds. The second-order valence-electron chi connectivity index (χ2n) is 7.12. The molecular formula is C24H33F. The minimum atomic E-state index is -0.0555. The lowest BCUT2D eigenvalue weighted by molar-refractivity contribution is 0.588. The van der Waals surface area contributed by atoms with Crippen LogP contribution in [0.1, 0.15) is 76.3 Å². The Hall–Kier alpha value is -1.63. The molecule has 0 saturated heterocycles. The SMILES string of the molecule is CCCCCCCc1ccc(-c2ccc(CCCCC)cc2)cc1F.